The van der Waals surface area contributed by atoms with E-state index in [1.54, 1.807) is 24.9 Å². The second-order valence-electron chi connectivity index (χ2n) is 9.79. The Hall–Kier alpha value is -2.93. The molecule has 0 aliphatic carbocycles. The van der Waals surface area contributed by atoms with Gasteiger partial charge in [-0.1, -0.05) is 32.9 Å². The molecule has 3 amide bonds. The lowest BCUT2D eigenvalue weighted by Gasteiger charge is -2.29. The van der Waals surface area contributed by atoms with Gasteiger partial charge < -0.3 is 15.0 Å². The number of rotatable bonds is 5. The van der Waals surface area contributed by atoms with Crippen LogP contribution in [0.2, 0.25) is 0 Å². The third kappa shape index (κ3) is 4.02. The number of hydrogen-bond acceptors (Lipinski definition) is 5. The Morgan fingerprint density at radius 3 is 2.39 bits per heavy atom. The Morgan fingerprint density at radius 2 is 1.81 bits per heavy atom. The second-order valence-corrected chi connectivity index (χ2v) is 9.79. The molecule has 0 spiro atoms. The van der Waals surface area contributed by atoms with Gasteiger partial charge in [0.15, 0.2) is 0 Å². The number of benzene rings is 1. The molecule has 0 radical (unpaired) electrons. The Labute approximate surface area is 183 Å². The zero-order valence-corrected chi connectivity index (χ0v) is 18.8. The van der Waals surface area contributed by atoms with Crippen molar-refractivity contribution in [3.05, 3.63) is 53.7 Å². The Bertz CT molecular complexity index is 991. The van der Waals surface area contributed by atoms with Crippen LogP contribution >= 0.6 is 0 Å². The summed E-state index contributed by atoms with van der Waals surface area (Å²) in [5.41, 5.74) is 1.72. The fraction of sp³-hybridized carbons (Fsp3) is 0.458. The molecule has 2 aliphatic heterocycles. The molecule has 164 valence electrons. The van der Waals surface area contributed by atoms with E-state index in [2.05, 4.69) is 31.1 Å². The van der Waals surface area contributed by atoms with E-state index in [-0.39, 0.29) is 23.4 Å². The van der Waals surface area contributed by atoms with Crippen molar-refractivity contribution in [3.8, 4) is 0 Å². The van der Waals surface area contributed by atoms with Crippen LogP contribution in [0.3, 0.4) is 0 Å². The van der Waals surface area contributed by atoms with Crippen LogP contribution in [-0.2, 0) is 21.5 Å². The lowest BCUT2D eigenvalue weighted by atomic mass is 9.87. The maximum Gasteiger partial charge on any atom is 0.332 e. The van der Waals surface area contributed by atoms with E-state index in [0.29, 0.717) is 25.4 Å². The first-order valence-corrected chi connectivity index (χ1v) is 10.6. The quantitative estimate of drug-likeness (QED) is 0.739. The first-order valence-electron chi connectivity index (χ1n) is 10.6. The average molecular weight is 423 g/mol. The van der Waals surface area contributed by atoms with Crippen molar-refractivity contribution in [2.24, 2.45) is 0 Å². The highest BCUT2D eigenvalue weighted by Crippen LogP contribution is 2.34. The van der Waals surface area contributed by atoms with E-state index in [1.807, 2.05) is 36.4 Å². The molecule has 0 saturated carbocycles. The van der Waals surface area contributed by atoms with Crippen molar-refractivity contribution in [1.82, 2.24) is 9.88 Å². The van der Waals surface area contributed by atoms with Gasteiger partial charge in [0, 0.05) is 12.7 Å². The third-order valence-corrected chi connectivity index (χ3v) is 5.97. The van der Waals surface area contributed by atoms with Crippen molar-refractivity contribution in [2.75, 3.05) is 23.4 Å². The van der Waals surface area contributed by atoms with E-state index in [0.717, 1.165) is 16.9 Å². The zero-order chi connectivity index (χ0) is 22.4. The van der Waals surface area contributed by atoms with E-state index in [1.165, 1.54) is 4.90 Å². The fourth-order valence-corrected chi connectivity index (χ4v) is 3.80. The van der Waals surface area contributed by atoms with Gasteiger partial charge in [0.25, 0.3) is 5.91 Å². The minimum absolute atomic E-state index is 0.00155. The van der Waals surface area contributed by atoms with Gasteiger partial charge in [-0.25, -0.2) is 14.7 Å². The van der Waals surface area contributed by atoms with Gasteiger partial charge in [0.2, 0.25) is 0 Å². The van der Waals surface area contributed by atoms with Crippen molar-refractivity contribution in [3.63, 3.8) is 0 Å². The molecular formula is C24H30N4O3. The maximum atomic E-state index is 13.3. The lowest BCUT2D eigenvalue weighted by molar-refractivity contribution is -0.123. The molecule has 7 heteroatoms. The molecule has 0 atom stereocenters. The Balaban J connectivity index is 1.56. The number of amides is 3. The molecule has 2 aromatic rings. The van der Waals surface area contributed by atoms with Crippen LogP contribution < -0.4 is 10.2 Å². The molecular weight excluding hydrogens is 392 g/mol. The maximum absolute atomic E-state index is 13.3. The van der Waals surface area contributed by atoms with Crippen LogP contribution in [0.5, 0.6) is 0 Å². The molecule has 4 rings (SSSR count). The monoisotopic (exact) mass is 422 g/mol. The van der Waals surface area contributed by atoms with Gasteiger partial charge in [-0.2, -0.15) is 0 Å². The number of anilines is 2. The molecule has 31 heavy (non-hydrogen) atoms. The number of pyridine rings is 1. The summed E-state index contributed by atoms with van der Waals surface area (Å²) in [6, 6.07) is 11.4. The molecule has 2 saturated heterocycles. The highest BCUT2D eigenvalue weighted by atomic mass is 16.5. The third-order valence-electron chi connectivity index (χ3n) is 5.97. The van der Waals surface area contributed by atoms with Gasteiger partial charge >= 0.3 is 6.03 Å². The number of ether oxygens (including phenoxy) is 1. The minimum Gasteiger partial charge on any atom is -0.377 e. The highest BCUT2D eigenvalue weighted by molar-refractivity contribution is 6.22. The number of nitrogens with one attached hydrogen (secondary N) is 1. The lowest BCUT2D eigenvalue weighted by Crippen LogP contribution is -2.43. The molecule has 0 bridgehead atoms. The van der Waals surface area contributed by atoms with Gasteiger partial charge in [0.05, 0.1) is 24.9 Å². The van der Waals surface area contributed by atoms with Crippen molar-refractivity contribution >= 4 is 23.4 Å². The number of hydrogen-bond donors (Lipinski definition) is 1. The number of nitrogens with zero attached hydrogens (tertiary/aromatic N) is 3. The summed E-state index contributed by atoms with van der Waals surface area (Å²) < 4.78 is 5.19. The van der Waals surface area contributed by atoms with Crippen LogP contribution in [0.25, 0.3) is 0 Å². The van der Waals surface area contributed by atoms with Gasteiger partial charge in [-0.05, 0) is 54.7 Å². The second kappa shape index (κ2) is 7.64. The number of aromatic nitrogens is 1. The summed E-state index contributed by atoms with van der Waals surface area (Å²) in [6.07, 6.45) is 1.72. The molecule has 3 heterocycles. The average Bonchev–Trinajstić information content (AvgIpc) is 2.84. The predicted octanol–water partition coefficient (Wildman–Crippen LogP) is 3.94. The Morgan fingerprint density at radius 1 is 1.13 bits per heavy atom. The van der Waals surface area contributed by atoms with Crippen molar-refractivity contribution in [2.45, 2.75) is 58.2 Å². The number of carbonyl (C=O) groups is 2. The van der Waals surface area contributed by atoms with Crippen LogP contribution in [0, 0.1) is 0 Å². The van der Waals surface area contributed by atoms with Crippen LogP contribution in [0.4, 0.5) is 16.3 Å². The van der Waals surface area contributed by atoms with E-state index in [9.17, 15) is 9.59 Å². The summed E-state index contributed by atoms with van der Waals surface area (Å²) >= 11 is 0. The van der Waals surface area contributed by atoms with Gasteiger partial charge in [-0.3, -0.25) is 4.79 Å². The van der Waals surface area contributed by atoms with Gasteiger partial charge in [0.1, 0.15) is 11.4 Å². The zero-order valence-electron chi connectivity index (χ0n) is 18.8. The molecule has 1 aromatic heterocycles. The molecule has 0 unspecified atom stereocenters. The summed E-state index contributed by atoms with van der Waals surface area (Å²) in [4.78, 5) is 33.8. The molecule has 2 aliphatic rings. The fourth-order valence-electron chi connectivity index (χ4n) is 3.80. The predicted molar refractivity (Wildman–Crippen MR) is 120 cm³/mol. The molecule has 2 fully saturated rings. The normalized spacial score (nSPS) is 19.0. The first-order chi connectivity index (χ1) is 14.6. The molecule has 1 aromatic carbocycles. The Kier molecular flexibility index (Phi) is 5.25. The minimum atomic E-state index is -0.946. The topological polar surface area (TPSA) is 74.8 Å². The van der Waals surface area contributed by atoms with E-state index < -0.39 is 5.54 Å². The summed E-state index contributed by atoms with van der Waals surface area (Å²) in [7, 11) is 0. The molecule has 7 nitrogen and oxygen atoms in total. The molecule has 1 N–H and O–H groups in total. The first kappa shape index (κ1) is 21.3. The SMILES string of the molecule is CC(C)(C)c1ccc(N2C(=O)N(Cc3ccnc(NC4COC4)c3)C(C)(C)C2=O)cc1. The summed E-state index contributed by atoms with van der Waals surface area (Å²) in [5.74, 6) is 0.524. The summed E-state index contributed by atoms with van der Waals surface area (Å²) in [6.45, 7) is 11.7. The van der Waals surface area contributed by atoms with Crippen LogP contribution in [0.1, 0.15) is 45.7 Å². The van der Waals surface area contributed by atoms with E-state index in [4.69, 9.17) is 4.74 Å². The van der Waals surface area contributed by atoms with Gasteiger partial charge in [-0.15, -0.1) is 0 Å². The number of carbonyl (C=O) groups excluding carboxylic acids is 2. The van der Waals surface area contributed by atoms with Crippen LogP contribution in [0.15, 0.2) is 42.6 Å². The largest absolute Gasteiger partial charge is 0.377 e. The number of imide groups is 1. The van der Waals surface area contributed by atoms with Crippen LogP contribution in [-0.4, -0.2) is 46.6 Å². The van der Waals surface area contributed by atoms with Crippen molar-refractivity contribution < 1.29 is 14.3 Å². The number of urea groups is 1. The standard InChI is InChI=1S/C24H30N4O3/c1-23(2,3)17-6-8-19(9-7-17)28-21(29)24(4,5)27(22(28)30)13-16-10-11-25-20(12-16)26-18-14-31-15-18/h6-12,18H,13-15H2,1-5H3,(H,25,26). The van der Waals surface area contributed by atoms with E-state index >= 15 is 0 Å². The smallest absolute Gasteiger partial charge is 0.332 e. The highest BCUT2D eigenvalue weighted by Gasteiger charge is 2.51. The summed E-state index contributed by atoms with van der Waals surface area (Å²) in [5, 5.41) is 3.32. The van der Waals surface area contributed by atoms with Crippen molar-refractivity contribution in [1.29, 1.82) is 0 Å².